The fourth-order valence-electron chi connectivity index (χ4n) is 2.66. The van der Waals surface area contributed by atoms with Crippen LogP contribution in [0.2, 0.25) is 5.02 Å². The summed E-state index contributed by atoms with van der Waals surface area (Å²) in [5.41, 5.74) is 5.72. The van der Waals surface area contributed by atoms with Crippen molar-refractivity contribution in [1.29, 1.82) is 0 Å². The molecule has 0 bridgehead atoms. The molecule has 0 aliphatic rings. The first kappa shape index (κ1) is 16.8. The van der Waals surface area contributed by atoms with Crippen molar-refractivity contribution in [3.05, 3.63) is 29.3 Å². The first-order valence-corrected chi connectivity index (χ1v) is 7.47. The van der Waals surface area contributed by atoms with Crippen molar-refractivity contribution in [1.82, 2.24) is 0 Å². The number of carbonyl (C=O) groups is 1. The molecule has 3 N–H and O–H groups in total. The Morgan fingerprint density at radius 2 is 1.70 bits per heavy atom. The molecule has 4 heteroatoms. The van der Waals surface area contributed by atoms with Gasteiger partial charge in [0.15, 0.2) is 0 Å². The first-order valence-electron chi connectivity index (χ1n) is 7.09. The average Bonchev–Trinajstić information content (AvgIpc) is 2.30. The van der Waals surface area contributed by atoms with E-state index in [-0.39, 0.29) is 5.91 Å². The highest BCUT2D eigenvalue weighted by molar-refractivity contribution is 6.33. The van der Waals surface area contributed by atoms with Gasteiger partial charge in [0.25, 0.3) is 0 Å². The Labute approximate surface area is 126 Å². The molecule has 1 aromatic rings. The number of carbonyl (C=O) groups excluding carboxylic acids is 1. The summed E-state index contributed by atoms with van der Waals surface area (Å²) in [6.45, 7) is 8.36. The third-order valence-electron chi connectivity index (χ3n) is 3.23. The molecule has 0 spiro atoms. The van der Waals surface area contributed by atoms with Crippen LogP contribution in [0.3, 0.4) is 0 Å². The Bertz CT molecular complexity index is 448. The van der Waals surface area contributed by atoms with E-state index in [4.69, 9.17) is 17.3 Å². The molecule has 1 amide bonds. The van der Waals surface area contributed by atoms with Gasteiger partial charge in [0.2, 0.25) is 5.91 Å². The maximum Gasteiger partial charge on any atom is 0.243 e. The second kappa shape index (κ2) is 6.98. The van der Waals surface area contributed by atoms with Crippen molar-refractivity contribution in [3.8, 4) is 0 Å². The lowest BCUT2D eigenvalue weighted by atomic mass is 9.81. The van der Waals surface area contributed by atoms with Crippen molar-refractivity contribution < 1.29 is 4.79 Å². The van der Waals surface area contributed by atoms with Gasteiger partial charge in [-0.05, 0) is 36.8 Å². The molecule has 1 rings (SSSR count). The van der Waals surface area contributed by atoms with E-state index in [9.17, 15) is 4.79 Å². The van der Waals surface area contributed by atoms with Gasteiger partial charge >= 0.3 is 0 Å². The number of benzene rings is 1. The van der Waals surface area contributed by atoms with Crippen LogP contribution in [0.1, 0.15) is 40.5 Å². The molecule has 0 radical (unpaired) electrons. The minimum atomic E-state index is -0.757. The van der Waals surface area contributed by atoms with E-state index < -0.39 is 5.54 Å². The monoisotopic (exact) mass is 296 g/mol. The topological polar surface area (TPSA) is 55.1 Å². The molecule has 0 aliphatic carbocycles. The standard InChI is InChI=1S/C16H25ClN2O/c1-11(2)9-16(15(18)20,10-12(3)4)19-14-8-6-5-7-13(14)17/h5-8,11-12,19H,9-10H2,1-4H3,(H2,18,20). The van der Waals surface area contributed by atoms with E-state index in [0.29, 0.717) is 29.7 Å². The molecule has 0 fully saturated rings. The highest BCUT2D eigenvalue weighted by Gasteiger charge is 2.38. The van der Waals surface area contributed by atoms with Crippen LogP contribution in [0.15, 0.2) is 24.3 Å². The van der Waals surface area contributed by atoms with Gasteiger partial charge in [-0.1, -0.05) is 51.4 Å². The number of rotatable bonds is 7. The summed E-state index contributed by atoms with van der Waals surface area (Å²) >= 11 is 6.19. The number of halogens is 1. The van der Waals surface area contributed by atoms with Crippen molar-refractivity contribution in [2.75, 3.05) is 5.32 Å². The summed E-state index contributed by atoms with van der Waals surface area (Å²) in [7, 11) is 0. The molecule has 0 atom stereocenters. The molecule has 0 aromatic heterocycles. The second-order valence-corrected chi connectivity index (χ2v) is 6.65. The summed E-state index contributed by atoms with van der Waals surface area (Å²) < 4.78 is 0. The predicted octanol–water partition coefficient (Wildman–Crippen LogP) is 4.07. The third kappa shape index (κ3) is 4.41. The number of nitrogens with two attached hydrogens (primary N) is 1. The molecule has 3 nitrogen and oxygen atoms in total. The minimum Gasteiger partial charge on any atom is -0.370 e. The fourth-order valence-corrected chi connectivity index (χ4v) is 2.85. The van der Waals surface area contributed by atoms with Crippen LogP contribution in [-0.2, 0) is 4.79 Å². The van der Waals surface area contributed by atoms with Crippen molar-refractivity contribution in [3.63, 3.8) is 0 Å². The van der Waals surface area contributed by atoms with Gasteiger partial charge < -0.3 is 11.1 Å². The number of nitrogens with one attached hydrogen (secondary N) is 1. The van der Waals surface area contributed by atoms with Gasteiger partial charge in [0.1, 0.15) is 5.54 Å². The van der Waals surface area contributed by atoms with Gasteiger partial charge in [-0.2, -0.15) is 0 Å². The zero-order chi connectivity index (χ0) is 15.3. The number of anilines is 1. The highest BCUT2D eigenvalue weighted by atomic mass is 35.5. The van der Waals surface area contributed by atoms with E-state index in [2.05, 4.69) is 33.0 Å². The SMILES string of the molecule is CC(C)CC(CC(C)C)(Nc1ccccc1Cl)C(N)=O. The molecule has 0 saturated carbocycles. The Morgan fingerprint density at radius 1 is 1.20 bits per heavy atom. The number of primary amides is 1. The molecule has 112 valence electrons. The van der Waals surface area contributed by atoms with Gasteiger partial charge in [-0.15, -0.1) is 0 Å². The van der Waals surface area contributed by atoms with E-state index in [1.165, 1.54) is 0 Å². The fraction of sp³-hybridized carbons (Fsp3) is 0.562. The maximum absolute atomic E-state index is 12.1. The maximum atomic E-state index is 12.1. The molecule has 0 aliphatic heterocycles. The molecular formula is C16H25ClN2O. The van der Waals surface area contributed by atoms with Crippen molar-refractivity contribution in [2.24, 2.45) is 17.6 Å². The zero-order valence-corrected chi connectivity index (χ0v) is 13.5. The van der Waals surface area contributed by atoms with Crippen LogP contribution >= 0.6 is 11.6 Å². The van der Waals surface area contributed by atoms with Crippen LogP contribution in [0.25, 0.3) is 0 Å². The molecule has 1 aromatic carbocycles. The van der Waals surface area contributed by atoms with Crippen LogP contribution in [-0.4, -0.2) is 11.4 Å². The summed E-state index contributed by atoms with van der Waals surface area (Å²) in [5, 5.41) is 3.92. The first-order chi connectivity index (χ1) is 9.27. The number of para-hydroxylation sites is 1. The summed E-state index contributed by atoms with van der Waals surface area (Å²) in [4.78, 5) is 12.1. The summed E-state index contributed by atoms with van der Waals surface area (Å²) in [6.07, 6.45) is 1.37. The van der Waals surface area contributed by atoms with Crippen LogP contribution in [0.5, 0.6) is 0 Å². The Balaban J connectivity index is 3.14. The third-order valence-corrected chi connectivity index (χ3v) is 3.56. The molecule has 0 heterocycles. The quantitative estimate of drug-likeness (QED) is 0.797. The van der Waals surface area contributed by atoms with Gasteiger partial charge in [0, 0.05) is 0 Å². The van der Waals surface area contributed by atoms with Crippen molar-refractivity contribution in [2.45, 2.75) is 46.1 Å². The number of amides is 1. The summed E-state index contributed by atoms with van der Waals surface area (Å²) in [5.74, 6) is 0.396. The molecule has 0 saturated heterocycles. The van der Waals surface area contributed by atoms with E-state index in [1.807, 2.05) is 18.2 Å². The molecule has 0 unspecified atom stereocenters. The lowest BCUT2D eigenvalue weighted by molar-refractivity contribution is -0.123. The highest BCUT2D eigenvalue weighted by Crippen LogP contribution is 2.32. The van der Waals surface area contributed by atoms with Crippen molar-refractivity contribution >= 4 is 23.2 Å². The Kier molecular flexibility index (Phi) is 5.88. The minimum absolute atomic E-state index is 0.320. The largest absolute Gasteiger partial charge is 0.370 e. The smallest absolute Gasteiger partial charge is 0.243 e. The van der Waals surface area contributed by atoms with Crippen LogP contribution in [0, 0.1) is 11.8 Å². The lowest BCUT2D eigenvalue weighted by Gasteiger charge is -2.36. The number of hydrogen-bond donors (Lipinski definition) is 2. The molecule has 20 heavy (non-hydrogen) atoms. The van der Waals surface area contributed by atoms with E-state index >= 15 is 0 Å². The predicted molar refractivity (Wildman–Crippen MR) is 85.9 cm³/mol. The normalized spacial score (nSPS) is 11.9. The summed E-state index contributed by atoms with van der Waals surface area (Å²) in [6, 6.07) is 7.44. The Morgan fingerprint density at radius 3 is 2.10 bits per heavy atom. The van der Waals surface area contributed by atoms with Crippen LogP contribution < -0.4 is 11.1 Å². The zero-order valence-electron chi connectivity index (χ0n) is 12.7. The van der Waals surface area contributed by atoms with Gasteiger partial charge in [0.05, 0.1) is 10.7 Å². The van der Waals surface area contributed by atoms with E-state index in [0.717, 1.165) is 5.69 Å². The lowest BCUT2D eigenvalue weighted by Crippen LogP contribution is -2.52. The average molecular weight is 297 g/mol. The van der Waals surface area contributed by atoms with Gasteiger partial charge in [-0.3, -0.25) is 4.79 Å². The molecular weight excluding hydrogens is 272 g/mol. The van der Waals surface area contributed by atoms with Gasteiger partial charge in [-0.25, -0.2) is 0 Å². The number of hydrogen-bond acceptors (Lipinski definition) is 2. The Hall–Kier alpha value is -1.22. The van der Waals surface area contributed by atoms with Crippen LogP contribution in [0.4, 0.5) is 5.69 Å². The van der Waals surface area contributed by atoms with E-state index in [1.54, 1.807) is 6.07 Å². The second-order valence-electron chi connectivity index (χ2n) is 6.25.